The largest absolute Gasteiger partial charge is 0.361 e. The highest BCUT2D eigenvalue weighted by atomic mass is 32.2. The van der Waals surface area contributed by atoms with Crippen molar-refractivity contribution in [2.24, 2.45) is 0 Å². The number of carbonyl (C=O) groups excluding carboxylic acids is 2. The minimum atomic E-state index is -0.575. The van der Waals surface area contributed by atoms with Crippen LogP contribution in [0.4, 0.5) is 15.8 Å². The first-order valence-electron chi connectivity index (χ1n) is 8.87. The fourth-order valence-electron chi connectivity index (χ4n) is 2.72. The van der Waals surface area contributed by atoms with Crippen LogP contribution in [0.2, 0.25) is 0 Å². The van der Waals surface area contributed by atoms with Crippen molar-refractivity contribution in [3.63, 3.8) is 0 Å². The molecule has 1 aromatic heterocycles. The van der Waals surface area contributed by atoms with Crippen LogP contribution in [0.1, 0.15) is 34.3 Å². The van der Waals surface area contributed by atoms with E-state index in [0.717, 1.165) is 21.9 Å². The maximum atomic E-state index is 13.8. The lowest BCUT2D eigenvalue weighted by atomic mass is 10.2. The summed E-state index contributed by atoms with van der Waals surface area (Å²) in [6.45, 7) is 5.03. The van der Waals surface area contributed by atoms with Gasteiger partial charge in [-0.3, -0.25) is 9.59 Å². The Morgan fingerprint density at radius 2 is 1.90 bits per heavy atom. The van der Waals surface area contributed by atoms with Gasteiger partial charge in [-0.05, 0) is 44.2 Å². The molecule has 0 bridgehead atoms. The molecule has 0 aliphatic heterocycles. The maximum Gasteiger partial charge on any atom is 0.256 e. The molecule has 0 unspecified atom stereocenters. The number of anilines is 2. The van der Waals surface area contributed by atoms with Crippen molar-refractivity contribution in [2.75, 3.05) is 10.6 Å². The molecule has 3 aromatic rings. The van der Waals surface area contributed by atoms with E-state index in [1.165, 1.54) is 36.9 Å². The molecule has 29 heavy (non-hydrogen) atoms. The van der Waals surface area contributed by atoms with E-state index < -0.39 is 11.7 Å². The monoisotopic (exact) mass is 413 g/mol. The quantitative estimate of drug-likeness (QED) is 0.560. The SMILES string of the molecule is CC(=O)Nc1cc(NC(=O)c2ccccc2SCc2c(C)noc2C)ccc1F. The molecule has 0 atom stereocenters. The Morgan fingerprint density at radius 3 is 2.59 bits per heavy atom. The van der Waals surface area contributed by atoms with Crippen molar-refractivity contribution >= 4 is 35.0 Å². The number of halogens is 1. The van der Waals surface area contributed by atoms with Crippen LogP contribution in [0, 0.1) is 19.7 Å². The third-order valence-electron chi connectivity index (χ3n) is 4.22. The first-order valence-corrected chi connectivity index (χ1v) is 9.85. The molecule has 8 heteroatoms. The lowest BCUT2D eigenvalue weighted by Crippen LogP contribution is -2.14. The topological polar surface area (TPSA) is 84.2 Å². The number of carbonyl (C=O) groups is 2. The van der Waals surface area contributed by atoms with Crippen molar-refractivity contribution in [1.29, 1.82) is 0 Å². The summed E-state index contributed by atoms with van der Waals surface area (Å²) in [6, 6.07) is 11.3. The minimum Gasteiger partial charge on any atom is -0.361 e. The highest BCUT2D eigenvalue weighted by Crippen LogP contribution is 2.29. The van der Waals surface area contributed by atoms with Crippen LogP contribution in [-0.4, -0.2) is 17.0 Å². The third-order valence-corrected chi connectivity index (χ3v) is 5.32. The summed E-state index contributed by atoms with van der Waals surface area (Å²) in [4.78, 5) is 24.8. The summed E-state index contributed by atoms with van der Waals surface area (Å²) >= 11 is 1.51. The number of aryl methyl sites for hydroxylation is 2. The second-order valence-electron chi connectivity index (χ2n) is 6.42. The number of nitrogens with one attached hydrogen (secondary N) is 2. The highest BCUT2D eigenvalue weighted by Gasteiger charge is 2.15. The Kier molecular flexibility index (Phi) is 6.33. The summed E-state index contributed by atoms with van der Waals surface area (Å²) in [5.41, 5.74) is 2.72. The van der Waals surface area contributed by atoms with Gasteiger partial charge in [0.15, 0.2) is 0 Å². The average Bonchev–Trinajstić information content (AvgIpc) is 3.00. The molecule has 2 N–H and O–H groups in total. The van der Waals surface area contributed by atoms with E-state index in [4.69, 9.17) is 4.52 Å². The van der Waals surface area contributed by atoms with E-state index in [0.29, 0.717) is 17.0 Å². The number of benzene rings is 2. The molecule has 150 valence electrons. The zero-order chi connectivity index (χ0) is 21.0. The molecular formula is C21H20FN3O3S. The van der Waals surface area contributed by atoms with Crippen LogP contribution in [0.25, 0.3) is 0 Å². The van der Waals surface area contributed by atoms with Crippen molar-refractivity contribution in [3.05, 3.63) is 70.9 Å². The number of aromatic nitrogens is 1. The molecule has 0 saturated carbocycles. The van der Waals surface area contributed by atoms with E-state index in [1.54, 1.807) is 12.1 Å². The Balaban J connectivity index is 1.77. The molecule has 2 aromatic carbocycles. The van der Waals surface area contributed by atoms with Crippen LogP contribution in [0.15, 0.2) is 51.9 Å². The van der Waals surface area contributed by atoms with Gasteiger partial charge in [-0.15, -0.1) is 11.8 Å². The van der Waals surface area contributed by atoms with E-state index >= 15 is 0 Å². The number of rotatable bonds is 6. The van der Waals surface area contributed by atoms with Crippen LogP contribution < -0.4 is 10.6 Å². The summed E-state index contributed by atoms with van der Waals surface area (Å²) in [5.74, 6) is 0.0809. The van der Waals surface area contributed by atoms with Crippen LogP contribution >= 0.6 is 11.8 Å². The molecule has 1 heterocycles. The van der Waals surface area contributed by atoms with Crippen molar-refractivity contribution < 1.29 is 18.5 Å². The molecule has 0 saturated heterocycles. The number of thioether (sulfide) groups is 1. The Hall–Kier alpha value is -3.13. The Morgan fingerprint density at radius 1 is 1.14 bits per heavy atom. The van der Waals surface area contributed by atoms with Crippen molar-refractivity contribution in [3.8, 4) is 0 Å². The summed E-state index contributed by atoms with van der Waals surface area (Å²) in [5, 5.41) is 9.10. The molecule has 0 spiro atoms. The second-order valence-corrected chi connectivity index (χ2v) is 7.43. The van der Waals surface area contributed by atoms with Gasteiger partial charge in [0.25, 0.3) is 5.91 Å². The van der Waals surface area contributed by atoms with Gasteiger partial charge in [0.1, 0.15) is 11.6 Å². The first-order chi connectivity index (χ1) is 13.8. The molecule has 6 nitrogen and oxygen atoms in total. The zero-order valence-electron chi connectivity index (χ0n) is 16.2. The molecular weight excluding hydrogens is 393 g/mol. The molecule has 0 fully saturated rings. The molecule has 0 aliphatic rings. The lowest BCUT2D eigenvalue weighted by molar-refractivity contribution is -0.114. The fourth-order valence-corrected chi connectivity index (χ4v) is 3.93. The standard InChI is InChI=1S/C21H20FN3O3S/c1-12-17(13(2)28-25-12)11-29-20-7-5-4-6-16(20)21(27)24-15-8-9-18(22)19(10-15)23-14(3)26/h4-10H,11H2,1-3H3,(H,23,26)(H,24,27). The van der Waals surface area contributed by atoms with Gasteiger partial charge in [0.2, 0.25) is 5.91 Å². The van der Waals surface area contributed by atoms with Gasteiger partial charge in [0.05, 0.1) is 16.9 Å². The Labute approximate surface area is 171 Å². The number of hydrogen-bond donors (Lipinski definition) is 2. The number of amides is 2. The van der Waals surface area contributed by atoms with Crippen LogP contribution in [-0.2, 0) is 10.5 Å². The zero-order valence-corrected chi connectivity index (χ0v) is 17.0. The van der Waals surface area contributed by atoms with Crippen LogP contribution in [0.3, 0.4) is 0 Å². The normalized spacial score (nSPS) is 10.6. The van der Waals surface area contributed by atoms with E-state index in [-0.39, 0.29) is 11.6 Å². The minimum absolute atomic E-state index is 0.0105. The number of hydrogen-bond acceptors (Lipinski definition) is 5. The number of nitrogens with zero attached hydrogens (tertiary/aromatic N) is 1. The highest BCUT2D eigenvalue weighted by molar-refractivity contribution is 7.98. The predicted molar refractivity (Wildman–Crippen MR) is 111 cm³/mol. The van der Waals surface area contributed by atoms with Gasteiger partial charge in [0, 0.05) is 28.8 Å². The van der Waals surface area contributed by atoms with Gasteiger partial charge >= 0.3 is 0 Å². The van der Waals surface area contributed by atoms with E-state index in [1.807, 2.05) is 26.0 Å². The van der Waals surface area contributed by atoms with Gasteiger partial charge in [-0.1, -0.05) is 17.3 Å². The summed E-state index contributed by atoms with van der Waals surface area (Å²) < 4.78 is 19.0. The predicted octanol–water partition coefficient (Wildman–Crippen LogP) is 4.93. The summed E-state index contributed by atoms with van der Waals surface area (Å²) in [6.07, 6.45) is 0. The van der Waals surface area contributed by atoms with E-state index in [9.17, 15) is 14.0 Å². The van der Waals surface area contributed by atoms with E-state index in [2.05, 4.69) is 15.8 Å². The van der Waals surface area contributed by atoms with Crippen molar-refractivity contribution in [1.82, 2.24) is 5.16 Å². The maximum absolute atomic E-state index is 13.8. The lowest BCUT2D eigenvalue weighted by Gasteiger charge is -2.11. The van der Waals surface area contributed by atoms with Crippen molar-refractivity contribution in [2.45, 2.75) is 31.4 Å². The molecule has 2 amide bonds. The molecule has 0 aliphatic carbocycles. The fraction of sp³-hybridized carbons (Fsp3) is 0.190. The molecule has 3 rings (SSSR count). The van der Waals surface area contributed by atoms with Gasteiger partial charge in [-0.25, -0.2) is 4.39 Å². The smallest absolute Gasteiger partial charge is 0.256 e. The third kappa shape index (κ3) is 5.03. The Bertz CT molecular complexity index is 1050. The van der Waals surface area contributed by atoms with Gasteiger partial charge in [-0.2, -0.15) is 0 Å². The molecule has 0 radical (unpaired) electrons. The average molecular weight is 413 g/mol. The summed E-state index contributed by atoms with van der Waals surface area (Å²) in [7, 11) is 0. The van der Waals surface area contributed by atoms with Crippen LogP contribution in [0.5, 0.6) is 0 Å². The van der Waals surface area contributed by atoms with Gasteiger partial charge < -0.3 is 15.2 Å². The second kappa shape index (κ2) is 8.91. The first kappa shape index (κ1) is 20.6.